The Labute approximate surface area is 94.7 Å². The number of alkyl halides is 3. The van der Waals surface area contributed by atoms with E-state index in [0.717, 1.165) is 13.1 Å². The fourth-order valence-corrected chi connectivity index (χ4v) is 1.28. The zero-order chi connectivity index (χ0) is 12.6. The van der Waals surface area contributed by atoms with E-state index < -0.39 is 12.8 Å². The molecule has 0 saturated heterocycles. The van der Waals surface area contributed by atoms with E-state index >= 15 is 0 Å². The van der Waals surface area contributed by atoms with Crippen molar-refractivity contribution in [2.24, 2.45) is 11.7 Å². The maximum Gasteiger partial charge on any atom is 0.411 e. The Kier molecular flexibility index (Phi) is 7.70. The van der Waals surface area contributed by atoms with Crippen molar-refractivity contribution < 1.29 is 17.9 Å². The summed E-state index contributed by atoms with van der Waals surface area (Å²) >= 11 is 0. The van der Waals surface area contributed by atoms with Crippen molar-refractivity contribution in [3.8, 4) is 0 Å². The molecule has 0 spiro atoms. The van der Waals surface area contributed by atoms with Crippen LogP contribution in [0.5, 0.6) is 0 Å². The van der Waals surface area contributed by atoms with Crippen LogP contribution < -0.4 is 5.73 Å². The summed E-state index contributed by atoms with van der Waals surface area (Å²) in [4.78, 5) is 2.04. The first-order chi connectivity index (χ1) is 7.39. The number of halogens is 3. The van der Waals surface area contributed by atoms with E-state index in [-0.39, 0.29) is 6.61 Å². The number of rotatable bonds is 8. The van der Waals surface area contributed by atoms with Crippen LogP contribution in [0.1, 0.15) is 13.8 Å². The summed E-state index contributed by atoms with van der Waals surface area (Å²) in [5.41, 5.74) is 5.48. The van der Waals surface area contributed by atoms with Gasteiger partial charge in [0.25, 0.3) is 0 Å². The largest absolute Gasteiger partial charge is 0.411 e. The van der Waals surface area contributed by atoms with E-state index in [1.54, 1.807) is 0 Å². The van der Waals surface area contributed by atoms with Gasteiger partial charge in [-0.15, -0.1) is 0 Å². The number of hydrogen-bond donors (Lipinski definition) is 1. The van der Waals surface area contributed by atoms with Crippen LogP contribution in [0.25, 0.3) is 0 Å². The third-order valence-corrected chi connectivity index (χ3v) is 2.24. The van der Waals surface area contributed by atoms with Gasteiger partial charge in [-0.05, 0) is 19.0 Å². The smallest absolute Gasteiger partial charge is 0.371 e. The van der Waals surface area contributed by atoms with Crippen LogP contribution in [0, 0.1) is 5.92 Å². The van der Waals surface area contributed by atoms with Gasteiger partial charge in [0.2, 0.25) is 0 Å². The molecule has 1 unspecified atom stereocenters. The molecule has 2 N–H and O–H groups in total. The molecule has 0 heterocycles. The summed E-state index contributed by atoms with van der Waals surface area (Å²) in [6.45, 7) is 5.59. The zero-order valence-corrected chi connectivity index (χ0v) is 9.89. The molecular formula is C10H21F3N2O. The molecule has 6 heteroatoms. The minimum Gasteiger partial charge on any atom is -0.371 e. The van der Waals surface area contributed by atoms with Gasteiger partial charge in [-0.1, -0.05) is 13.8 Å². The molecule has 0 aromatic heterocycles. The average molecular weight is 242 g/mol. The molecule has 0 aliphatic heterocycles. The van der Waals surface area contributed by atoms with Gasteiger partial charge in [-0.2, -0.15) is 13.2 Å². The van der Waals surface area contributed by atoms with Crippen LogP contribution in [-0.4, -0.2) is 50.5 Å². The van der Waals surface area contributed by atoms with Gasteiger partial charge in [0, 0.05) is 13.1 Å². The van der Waals surface area contributed by atoms with Crippen molar-refractivity contribution >= 4 is 0 Å². The first kappa shape index (κ1) is 15.7. The lowest BCUT2D eigenvalue weighted by Crippen LogP contribution is -2.34. The Morgan fingerprint density at radius 1 is 1.38 bits per heavy atom. The second-order valence-corrected chi connectivity index (χ2v) is 3.90. The first-order valence-corrected chi connectivity index (χ1v) is 5.46. The maximum absolute atomic E-state index is 11.8. The predicted molar refractivity (Wildman–Crippen MR) is 57.2 cm³/mol. The molecule has 0 rings (SSSR count). The van der Waals surface area contributed by atoms with Gasteiger partial charge in [0.15, 0.2) is 0 Å². The molecule has 0 aromatic rings. The average Bonchev–Trinajstić information content (AvgIpc) is 2.20. The number of nitrogens with zero attached hydrogens (tertiary/aromatic N) is 1. The Hall–Kier alpha value is -0.330. The van der Waals surface area contributed by atoms with Crippen LogP contribution in [0.15, 0.2) is 0 Å². The van der Waals surface area contributed by atoms with E-state index in [4.69, 9.17) is 5.73 Å². The minimum absolute atomic E-state index is 0.102. The standard InChI is InChI=1S/C10H21F3N2O/c1-3-15(7-9(2)6-14)4-5-16-8-10(11,12)13/h9H,3-8,14H2,1-2H3. The van der Waals surface area contributed by atoms with Crippen molar-refractivity contribution in [1.82, 2.24) is 4.90 Å². The molecule has 0 radical (unpaired) electrons. The summed E-state index contributed by atoms with van der Waals surface area (Å²) in [7, 11) is 0. The molecule has 98 valence electrons. The fraction of sp³-hybridized carbons (Fsp3) is 1.00. The van der Waals surface area contributed by atoms with Gasteiger partial charge in [0.05, 0.1) is 6.61 Å². The Bertz CT molecular complexity index is 176. The highest BCUT2D eigenvalue weighted by Gasteiger charge is 2.27. The van der Waals surface area contributed by atoms with Gasteiger partial charge >= 0.3 is 6.18 Å². The molecular weight excluding hydrogens is 221 g/mol. The van der Waals surface area contributed by atoms with Gasteiger partial charge in [-0.3, -0.25) is 0 Å². The Morgan fingerprint density at radius 3 is 2.44 bits per heavy atom. The van der Waals surface area contributed by atoms with Crippen molar-refractivity contribution in [3.05, 3.63) is 0 Å². The van der Waals surface area contributed by atoms with E-state index in [2.05, 4.69) is 4.74 Å². The molecule has 0 aliphatic rings. The lowest BCUT2D eigenvalue weighted by atomic mass is 10.2. The number of nitrogens with two attached hydrogens (primary N) is 1. The van der Waals surface area contributed by atoms with E-state index in [0.29, 0.717) is 19.0 Å². The van der Waals surface area contributed by atoms with Gasteiger partial charge in [0.1, 0.15) is 6.61 Å². The molecule has 0 aliphatic carbocycles. The maximum atomic E-state index is 11.8. The van der Waals surface area contributed by atoms with Crippen molar-refractivity contribution in [3.63, 3.8) is 0 Å². The molecule has 1 atom stereocenters. The summed E-state index contributed by atoms with van der Waals surface area (Å²) in [5, 5.41) is 0. The van der Waals surface area contributed by atoms with Crippen LogP contribution in [-0.2, 0) is 4.74 Å². The second-order valence-electron chi connectivity index (χ2n) is 3.90. The minimum atomic E-state index is -4.23. The highest BCUT2D eigenvalue weighted by atomic mass is 19.4. The van der Waals surface area contributed by atoms with Crippen molar-refractivity contribution in [1.29, 1.82) is 0 Å². The molecule has 0 fully saturated rings. The van der Waals surface area contributed by atoms with E-state index in [1.807, 2.05) is 18.7 Å². The van der Waals surface area contributed by atoms with Crippen LogP contribution in [0.2, 0.25) is 0 Å². The van der Waals surface area contributed by atoms with Crippen LogP contribution in [0.4, 0.5) is 13.2 Å². The molecule has 0 bridgehead atoms. The molecule has 0 aromatic carbocycles. The first-order valence-electron chi connectivity index (χ1n) is 5.46. The highest BCUT2D eigenvalue weighted by molar-refractivity contribution is 4.61. The van der Waals surface area contributed by atoms with Gasteiger partial charge < -0.3 is 15.4 Å². The van der Waals surface area contributed by atoms with Crippen LogP contribution in [0.3, 0.4) is 0 Å². The lowest BCUT2D eigenvalue weighted by molar-refractivity contribution is -0.174. The predicted octanol–water partition coefficient (Wildman–Crippen LogP) is 1.48. The van der Waals surface area contributed by atoms with Gasteiger partial charge in [-0.25, -0.2) is 0 Å². The summed E-state index contributed by atoms with van der Waals surface area (Å²) in [6, 6.07) is 0. The Morgan fingerprint density at radius 2 is 2.00 bits per heavy atom. The number of hydrogen-bond acceptors (Lipinski definition) is 3. The van der Waals surface area contributed by atoms with E-state index in [1.165, 1.54) is 0 Å². The number of likely N-dealkylation sites (N-methyl/N-ethyl adjacent to an activating group) is 1. The highest BCUT2D eigenvalue weighted by Crippen LogP contribution is 2.14. The Balaban J connectivity index is 3.63. The van der Waals surface area contributed by atoms with E-state index in [9.17, 15) is 13.2 Å². The lowest BCUT2D eigenvalue weighted by Gasteiger charge is -2.23. The third kappa shape index (κ3) is 8.94. The van der Waals surface area contributed by atoms with Crippen molar-refractivity contribution in [2.45, 2.75) is 20.0 Å². The normalized spacial score (nSPS) is 14.4. The SMILES string of the molecule is CCN(CCOCC(F)(F)F)CC(C)CN. The topological polar surface area (TPSA) is 38.5 Å². The number of ether oxygens (including phenoxy) is 1. The summed E-state index contributed by atoms with van der Waals surface area (Å²) < 4.78 is 39.9. The molecule has 0 amide bonds. The summed E-state index contributed by atoms with van der Waals surface area (Å²) in [6.07, 6.45) is -4.23. The molecule has 0 saturated carbocycles. The summed E-state index contributed by atoms with van der Waals surface area (Å²) in [5.74, 6) is 0.350. The zero-order valence-electron chi connectivity index (χ0n) is 9.89. The molecule has 16 heavy (non-hydrogen) atoms. The monoisotopic (exact) mass is 242 g/mol. The molecule has 3 nitrogen and oxygen atoms in total. The third-order valence-electron chi connectivity index (χ3n) is 2.24. The second kappa shape index (κ2) is 7.86. The fourth-order valence-electron chi connectivity index (χ4n) is 1.28. The van der Waals surface area contributed by atoms with Crippen LogP contribution >= 0.6 is 0 Å². The quantitative estimate of drug-likeness (QED) is 0.655. The van der Waals surface area contributed by atoms with Crippen molar-refractivity contribution in [2.75, 3.05) is 39.4 Å².